The Morgan fingerprint density at radius 1 is 1.17 bits per heavy atom. The summed E-state index contributed by atoms with van der Waals surface area (Å²) in [6.45, 7) is 1.89. The number of nitrogens with one attached hydrogen (secondary N) is 1. The van der Waals surface area contributed by atoms with Crippen molar-refractivity contribution in [2.75, 3.05) is 0 Å². The highest BCUT2D eigenvalue weighted by Crippen LogP contribution is 2.17. The van der Waals surface area contributed by atoms with Gasteiger partial charge >= 0.3 is 0 Å². The van der Waals surface area contributed by atoms with Crippen LogP contribution in [0.4, 0.5) is 8.78 Å². The standard InChI is InChI=1S/C18H15F2N3O/c1-12-15(11-22-23(12)17-8-3-2-7-16(17)20)18(24)21-10-13-5-4-6-14(19)9-13/h2-9,11H,10H2,1H3,(H,21,24). The fourth-order valence-corrected chi connectivity index (χ4v) is 2.42. The SMILES string of the molecule is Cc1c(C(=O)NCc2cccc(F)c2)cnn1-c1ccccc1F. The van der Waals surface area contributed by atoms with Crippen molar-refractivity contribution < 1.29 is 13.6 Å². The molecular formula is C18H15F2N3O. The monoisotopic (exact) mass is 327 g/mol. The molecule has 122 valence electrons. The molecule has 0 aliphatic heterocycles. The molecular weight excluding hydrogens is 312 g/mol. The molecule has 1 heterocycles. The first-order valence-corrected chi connectivity index (χ1v) is 7.38. The van der Waals surface area contributed by atoms with Crippen LogP contribution in [0.3, 0.4) is 0 Å². The first-order chi connectivity index (χ1) is 11.6. The van der Waals surface area contributed by atoms with Crippen molar-refractivity contribution in [2.24, 2.45) is 0 Å². The molecule has 6 heteroatoms. The molecule has 4 nitrogen and oxygen atoms in total. The summed E-state index contributed by atoms with van der Waals surface area (Å²) in [7, 11) is 0. The van der Waals surface area contributed by atoms with E-state index in [1.807, 2.05) is 0 Å². The largest absolute Gasteiger partial charge is 0.348 e. The van der Waals surface area contributed by atoms with Crippen LogP contribution in [0.1, 0.15) is 21.6 Å². The van der Waals surface area contributed by atoms with Crippen LogP contribution >= 0.6 is 0 Å². The maximum Gasteiger partial charge on any atom is 0.255 e. The Kier molecular flexibility index (Phi) is 4.37. The normalized spacial score (nSPS) is 10.6. The van der Waals surface area contributed by atoms with Crippen molar-refractivity contribution in [3.8, 4) is 5.69 Å². The average molecular weight is 327 g/mol. The lowest BCUT2D eigenvalue weighted by atomic mass is 10.2. The van der Waals surface area contributed by atoms with Gasteiger partial charge in [0.05, 0.1) is 17.5 Å². The van der Waals surface area contributed by atoms with Crippen LogP contribution in [0.5, 0.6) is 0 Å². The second kappa shape index (κ2) is 6.62. The molecule has 0 aliphatic carbocycles. The number of hydrogen-bond donors (Lipinski definition) is 1. The molecule has 1 amide bonds. The molecule has 3 aromatic rings. The number of aromatic nitrogens is 2. The Hall–Kier alpha value is -3.02. The molecule has 0 fully saturated rings. The lowest BCUT2D eigenvalue weighted by Crippen LogP contribution is -2.23. The molecule has 1 aromatic heterocycles. The van der Waals surface area contributed by atoms with Crippen LogP contribution in [-0.2, 0) is 6.54 Å². The fourth-order valence-electron chi connectivity index (χ4n) is 2.42. The highest BCUT2D eigenvalue weighted by molar-refractivity contribution is 5.95. The third-order valence-electron chi connectivity index (χ3n) is 3.68. The van der Waals surface area contributed by atoms with Crippen LogP contribution in [0.15, 0.2) is 54.7 Å². The van der Waals surface area contributed by atoms with Crippen molar-refractivity contribution >= 4 is 5.91 Å². The Morgan fingerprint density at radius 2 is 1.96 bits per heavy atom. The predicted octanol–water partition coefficient (Wildman–Crippen LogP) is 3.39. The molecule has 1 N–H and O–H groups in total. The summed E-state index contributed by atoms with van der Waals surface area (Å²) in [4.78, 5) is 12.3. The second-order valence-electron chi connectivity index (χ2n) is 5.32. The number of carbonyl (C=O) groups is 1. The van der Waals surface area contributed by atoms with Gasteiger partial charge in [-0.1, -0.05) is 24.3 Å². The van der Waals surface area contributed by atoms with Crippen molar-refractivity contribution in [1.29, 1.82) is 0 Å². The smallest absolute Gasteiger partial charge is 0.255 e. The minimum atomic E-state index is -0.421. The predicted molar refractivity (Wildman–Crippen MR) is 85.8 cm³/mol. The van der Waals surface area contributed by atoms with E-state index in [4.69, 9.17) is 0 Å². The summed E-state index contributed by atoms with van der Waals surface area (Å²) in [6.07, 6.45) is 1.39. The Labute approximate surface area is 137 Å². The van der Waals surface area contributed by atoms with Gasteiger partial charge in [-0.2, -0.15) is 5.10 Å². The molecule has 0 bridgehead atoms. The summed E-state index contributed by atoms with van der Waals surface area (Å²) in [6, 6.07) is 12.2. The van der Waals surface area contributed by atoms with E-state index < -0.39 is 5.82 Å². The van der Waals surface area contributed by atoms with Crippen LogP contribution in [0.25, 0.3) is 5.69 Å². The van der Waals surface area contributed by atoms with Crippen molar-refractivity contribution in [3.05, 3.63) is 83.2 Å². The zero-order valence-electron chi connectivity index (χ0n) is 13.0. The van der Waals surface area contributed by atoms with Gasteiger partial charge in [-0.15, -0.1) is 0 Å². The number of rotatable bonds is 4. The van der Waals surface area contributed by atoms with E-state index in [2.05, 4.69) is 10.4 Å². The van der Waals surface area contributed by atoms with Gasteiger partial charge in [-0.3, -0.25) is 4.79 Å². The molecule has 0 unspecified atom stereocenters. The zero-order chi connectivity index (χ0) is 17.1. The van der Waals surface area contributed by atoms with E-state index in [1.165, 1.54) is 29.1 Å². The van der Waals surface area contributed by atoms with Gasteiger partial charge in [0.1, 0.15) is 17.3 Å². The van der Waals surface area contributed by atoms with Crippen LogP contribution < -0.4 is 5.32 Å². The summed E-state index contributed by atoms with van der Waals surface area (Å²) in [5.41, 5.74) is 1.80. The summed E-state index contributed by atoms with van der Waals surface area (Å²) in [5.74, 6) is -1.12. The van der Waals surface area contributed by atoms with Crippen molar-refractivity contribution in [2.45, 2.75) is 13.5 Å². The van der Waals surface area contributed by atoms with Crippen LogP contribution in [-0.4, -0.2) is 15.7 Å². The first-order valence-electron chi connectivity index (χ1n) is 7.38. The van der Waals surface area contributed by atoms with Crippen molar-refractivity contribution in [1.82, 2.24) is 15.1 Å². The van der Waals surface area contributed by atoms with E-state index >= 15 is 0 Å². The van der Waals surface area contributed by atoms with E-state index in [1.54, 1.807) is 37.3 Å². The number of para-hydroxylation sites is 1. The number of hydrogen-bond acceptors (Lipinski definition) is 2. The van der Waals surface area contributed by atoms with E-state index in [0.717, 1.165) is 0 Å². The topological polar surface area (TPSA) is 46.9 Å². The fraction of sp³-hybridized carbons (Fsp3) is 0.111. The van der Waals surface area contributed by atoms with Gasteiger partial charge in [0.2, 0.25) is 0 Å². The molecule has 3 rings (SSSR count). The quantitative estimate of drug-likeness (QED) is 0.798. The van der Waals surface area contributed by atoms with E-state index in [0.29, 0.717) is 16.8 Å². The van der Waals surface area contributed by atoms with Crippen LogP contribution in [0, 0.1) is 18.6 Å². The molecule has 24 heavy (non-hydrogen) atoms. The van der Waals surface area contributed by atoms with Gasteiger partial charge in [-0.25, -0.2) is 13.5 Å². The van der Waals surface area contributed by atoms with Gasteiger partial charge in [0.25, 0.3) is 5.91 Å². The lowest BCUT2D eigenvalue weighted by molar-refractivity contribution is 0.0950. The molecule has 0 spiro atoms. The molecule has 0 atom stereocenters. The third-order valence-corrected chi connectivity index (χ3v) is 3.68. The van der Waals surface area contributed by atoms with Gasteiger partial charge < -0.3 is 5.32 Å². The zero-order valence-corrected chi connectivity index (χ0v) is 13.0. The molecule has 0 radical (unpaired) electrons. The highest BCUT2D eigenvalue weighted by Gasteiger charge is 2.16. The van der Waals surface area contributed by atoms with Gasteiger partial charge in [-0.05, 0) is 36.8 Å². The number of benzene rings is 2. The summed E-state index contributed by atoms with van der Waals surface area (Å²) >= 11 is 0. The maximum absolute atomic E-state index is 13.9. The van der Waals surface area contributed by atoms with Gasteiger partial charge in [0, 0.05) is 6.54 Å². The second-order valence-corrected chi connectivity index (χ2v) is 5.32. The highest BCUT2D eigenvalue weighted by atomic mass is 19.1. The molecule has 0 aliphatic rings. The minimum Gasteiger partial charge on any atom is -0.348 e. The minimum absolute atomic E-state index is 0.195. The average Bonchev–Trinajstić information content (AvgIpc) is 2.95. The molecule has 2 aromatic carbocycles. The molecule has 0 saturated heterocycles. The lowest BCUT2D eigenvalue weighted by Gasteiger charge is -2.07. The van der Waals surface area contributed by atoms with Crippen LogP contribution in [0.2, 0.25) is 0 Å². The van der Waals surface area contributed by atoms with Crippen molar-refractivity contribution in [3.63, 3.8) is 0 Å². The Morgan fingerprint density at radius 3 is 2.71 bits per heavy atom. The first kappa shape index (κ1) is 15.9. The Bertz CT molecular complexity index is 889. The maximum atomic E-state index is 13.9. The third kappa shape index (κ3) is 3.17. The summed E-state index contributed by atoms with van der Waals surface area (Å²) in [5, 5.41) is 6.80. The number of halogens is 2. The van der Waals surface area contributed by atoms with E-state index in [-0.39, 0.29) is 24.0 Å². The van der Waals surface area contributed by atoms with E-state index in [9.17, 15) is 13.6 Å². The molecule has 0 saturated carbocycles. The Balaban J connectivity index is 1.78. The summed E-state index contributed by atoms with van der Waals surface area (Å²) < 4.78 is 28.4. The van der Waals surface area contributed by atoms with Gasteiger partial charge in [0.15, 0.2) is 0 Å². The number of carbonyl (C=O) groups excluding carboxylic acids is 1. The number of nitrogens with zero attached hydrogens (tertiary/aromatic N) is 2. The number of amides is 1.